The van der Waals surface area contributed by atoms with Gasteiger partial charge in [0.1, 0.15) is 6.04 Å². The molecule has 4 heteroatoms. The number of nitrogens with zero attached hydrogens (tertiary/aromatic N) is 1. The fourth-order valence-corrected chi connectivity index (χ4v) is 1.01. The number of hydrogen-bond donors (Lipinski definition) is 2. The fourth-order valence-electron chi connectivity index (χ4n) is 1.01. The summed E-state index contributed by atoms with van der Waals surface area (Å²) < 4.78 is 0. The van der Waals surface area contributed by atoms with Crippen LogP contribution in [0.4, 0.5) is 0 Å². The highest BCUT2D eigenvalue weighted by Gasteiger charge is 2.23. The summed E-state index contributed by atoms with van der Waals surface area (Å²) in [6.45, 7) is 5.48. The zero-order chi connectivity index (χ0) is 10.4. The van der Waals surface area contributed by atoms with Crippen LogP contribution in [0.2, 0.25) is 0 Å². The Morgan fingerprint density at radius 3 is 2.38 bits per heavy atom. The molecule has 0 aliphatic carbocycles. The monoisotopic (exact) mass is 184 g/mol. The predicted octanol–water partition coefficient (Wildman–Crippen LogP) is 0.987. The van der Waals surface area contributed by atoms with Crippen LogP contribution < -0.4 is 5.32 Å². The molecule has 0 saturated heterocycles. The van der Waals surface area contributed by atoms with Crippen LogP contribution in [-0.2, 0) is 4.79 Å². The number of rotatable bonds is 5. The van der Waals surface area contributed by atoms with Gasteiger partial charge in [0.2, 0.25) is 0 Å². The molecule has 0 saturated carbocycles. The van der Waals surface area contributed by atoms with Crippen LogP contribution in [0.1, 0.15) is 27.2 Å². The summed E-state index contributed by atoms with van der Waals surface area (Å²) in [5, 5.41) is 20.2. The van der Waals surface area contributed by atoms with E-state index in [1.807, 2.05) is 26.8 Å². The molecule has 0 radical (unpaired) electrons. The van der Waals surface area contributed by atoms with Crippen LogP contribution in [0.5, 0.6) is 0 Å². The zero-order valence-corrected chi connectivity index (χ0v) is 8.24. The van der Waals surface area contributed by atoms with Gasteiger partial charge >= 0.3 is 5.97 Å². The lowest BCUT2D eigenvalue weighted by Gasteiger charge is -2.20. The van der Waals surface area contributed by atoms with Gasteiger partial charge in [0.15, 0.2) is 0 Å². The molecule has 0 spiro atoms. The minimum atomic E-state index is -0.899. The molecule has 0 aliphatic heterocycles. The SMILES string of the molecule is CCC(C#N)NC(C(=O)O)C(C)C. The summed E-state index contributed by atoms with van der Waals surface area (Å²) in [4.78, 5) is 10.7. The Morgan fingerprint density at radius 1 is 1.62 bits per heavy atom. The highest BCUT2D eigenvalue weighted by atomic mass is 16.4. The van der Waals surface area contributed by atoms with Crippen molar-refractivity contribution in [2.24, 2.45) is 5.92 Å². The van der Waals surface area contributed by atoms with Gasteiger partial charge in [-0.2, -0.15) is 5.26 Å². The van der Waals surface area contributed by atoms with Crippen LogP contribution in [0.25, 0.3) is 0 Å². The summed E-state index contributed by atoms with van der Waals surface area (Å²) in [6.07, 6.45) is 0.618. The Kier molecular flexibility index (Phi) is 5.09. The molecule has 2 atom stereocenters. The molecular weight excluding hydrogens is 168 g/mol. The first kappa shape index (κ1) is 11.9. The molecular formula is C9H16N2O2. The van der Waals surface area contributed by atoms with Crippen LogP contribution in [-0.4, -0.2) is 23.2 Å². The zero-order valence-electron chi connectivity index (χ0n) is 8.24. The van der Waals surface area contributed by atoms with E-state index in [-0.39, 0.29) is 12.0 Å². The molecule has 0 aromatic rings. The first-order valence-electron chi connectivity index (χ1n) is 4.41. The van der Waals surface area contributed by atoms with E-state index in [2.05, 4.69) is 5.32 Å². The summed E-state index contributed by atoms with van der Waals surface area (Å²) in [5.41, 5.74) is 0. The third kappa shape index (κ3) is 3.90. The molecule has 0 aromatic heterocycles. The third-order valence-corrected chi connectivity index (χ3v) is 1.88. The second kappa shape index (κ2) is 5.55. The summed E-state index contributed by atoms with van der Waals surface area (Å²) in [7, 11) is 0. The molecule has 0 amide bonds. The van der Waals surface area contributed by atoms with E-state index in [0.717, 1.165) is 0 Å². The molecule has 4 nitrogen and oxygen atoms in total. The van der Waals surface area contributed by atoms with E-state index < -0.39 is 12.0 Å². The predicted molar refractivity (Wildman–Crippen MR) is 49.1 cm³/mol. The molecule has 0 heterocycles. The van der Waals surface area contributed by atoms with Crippen molar-refractivity contribution in [1.82, 2.24) is 5.32 Å². The van der Waals surface area contributed by atoms with Crippen molar-refractivity contribution in [2.75, 3.05) is 0 Å². The molecule has 0 bridgehead atoms. The minimum absolute atomic E-state index is 0.0140. The largest absolute Gasteiger partial charge is 0.480 e. The number of nitriles is 1. The van der Waals surface area contributed by atoms with Gasteiger partial charge in [-0.25, -0.2) is 0 Å². The number of nitrogens with one attached hydrogen (secondary N) is 1. The standard InChI is InChI=1S/C9H16N2O2/c1-4-7(5-10)11-8(6(2)3)9(12)13/h6-8,11H,4H2,1-3H3,(H,12,13). The number of aliphatic carboxylic acids is 1. The lowest BCUT2D eigenvalue weighted by molar-refractivity contribution is -0.140. The van der Waals surface area contributed by atoms with E-state index >= 15 is 0 Å². The Hall–Kier alpha value is -1.08. The summed E-state index contributed by atoms with van der Waals surface area (Å²) in [5.74, 6) is -0.913. The Morgan fingerprint density at radius 2 is 2.15 bits per heavy atom. The highest BCUT2D eigenvalue weighted by Crippen LogP contribution is 2.03. The number of carboxylic acids is 1. The maximum absolute atomic E-state index is 10.7. The van der Waals surface area contributed by atoms with Crippen LogP contribution >= 0.6 is 0 Å². The summed E-state index contributed by atoms with van der Waals surface area (Å²) >= 11 is 0. The second-order valence-electron chi connectivity index (χ2n) is 3.32. The first-order chi connectivity index (χ1) is 6.02. The van der Waals surface area contributed by atoms with Gasteiger partial charge in [0.25, 0.3) is 0 Å². The molecule has 0 aliphatic rings. The van der Waals surface area contributed by atoms with E-state index in [1.54, 1.807) is 0 Å². The van der Waals surface area contributed by atoms with Crippen molar-refractivity contribution in [3.05, 3.63) is 0 Å². The van der Waals surface area contributed by atoms with Crippen molar-refractivity contribution in [2.45, 2.75) is 39.3 Å². The van der Waals surface area contributed by atoms with Crippen LogP contribution in [0.3, 0.4) is 0 Å². The first-order valence-corrected chi connectivity index (χ1v) is 4.41. The molecule has 74 valence electrons. The van der Waals surface area contributed by atoms with Gasteiger partial charge in [-0.05, 0) is 12.3 Å². The second-order valence-corrected chi connectivity index (χ2v) is 3.32. The molecule has 2 unspecified atom stereocenters. The number of carboxylic acid groups (broad SMARTS) is 1. The Balaban J connectivity index is 4.26. The molecule has 0 aromatic carbocycles. The van der Waals surface area contributed by atoms with E-state index in [9.17, 15) is 4.79 Å². The maximum atomic E-state index is 10.7. The van der Waals surface area contributed by atoms with Gasteiger partial charge in [0.05, 0.1) is 12.1 Å². The van der Waals surface area contributed by atoms with Crippen molar-refractivity contribution in [3.63, 3.8) is 0 Å². The van der Waals surface area contributed by atoms with E-state index in [1.165, 1.54) is 0 Å². The van der Waals surface area contributed by atoms with Crippen molar-refractivity contribution >= 4 is 5.97 Å². The van der Waals surface area contributed by atoms with Crippen LogP contribution in [0, 0.1) is 17.2 Å². The average Bonchev–Trinajstić information content (AvgIpc) is 2.05. The van der Waals surface area contributed by atoms with Crippen LogP contribution in [0.15, 0.2) is 0 Å². The average molecular weight is 184 g/mol. The van der Waals surface area contributed by atoms with Gasteiger partial charge < -0.3 is 5.11 Å². The smallest absolute Gasteiger partial charge is 0.320 e. The van der Waals surface area contributed by atoms with E-state index in [4.69, 9.17) is 10.4 Å². The molecule has 2 N–H and O–H groups in total. The van der Waals surface area contributed by atoms with E-state index in [0.29, 0.717) is 6.42 Å². The quantitative estimate of drug-likeness (QED) is 0.668. The Labute approximate surface area is 78.6 Å². The van der Waals surface area contributed by atoms with Gasteiger partial charge in [-0.15, -0.1) is 0 Å². The van der Waals surface area contributed by atoms with Gasteiger partial charge in [-0.1, -0.05) is 20.8 Å². The minimum Gasteiger partial charge on any atom is -0.480 e. The lowest BCUT2D eigenvalue weighted by Crippen LogP contribution is -2.45. The van der Waals surface area contributed by atoms with Gasteiger partial charge in [-0.3, -0.25) is 10.1 Å². The topological polar surface area (TPSA) is 73.1 Å². The van der Waals surface area contributed by atoms with Crippen molar-refractivity contribution in [3.8, 4) is 6.07 Å². The molecule has 13 heavy (non-hydrogen) atoms. The van der Waals surface area contributed by atoms with Crippen molar-refractivity contribution in [1.29, 1.82) is 5.26 Å². The van der Waals surface area contributed by atoms with Crippen molar-refractivity contribution < 1.29 is 9.90 Å². The number of hydrogen-bond acceptors (Lipinski definition) is 3. The summed E-state index contributed by atoms with van der Waals surface area (Å²) in [6, 6.07) is 1.01. The highest BCUT2D eigenvalue weighted by molar-refractivity contribution is 5.73. The Bertz CT molecular complexity index is 208. The third-order valence-electron chi connectivity index (χ3n) is 1.88. The lowest BCUT2D eigenvalue weighted by atomic mass is 10.0. The molecule has 0 rings (SSSR count). The number of carbonyl (C=O) groups is 1. The maximum Gasteiger partial charge on any atom is 0.320 e. The normalized spacial score (nSPS) is 15.0. The fraction of sp³-hybridized carbons (Fsp3) is 0.778. The van der Waals surface area contributed by atoms with Gasteiger partial charge in [0, 0.05) is 0 Å². The molecule has 0 fully saturated rings.